The van der Waals surface area contributed by atoms with Crippen molar-refractivity contribution in [2.75, 3.05) is 45.2 Å². The van der Waals surface area contributed by atoms with E-state index in [4.69, 9.17) is 0 Å². The molecule has 2 rings (SSSR count). The van der Waals surface area contributed by atoms with Gasteiger partial charge in [-0.25, -0.2) is 4.99 Å². The van der Waals surface area contributed by atoms with Gasteiger partial charge in [-0.1, -0.05) is 6.07 Å². The number of hydrogen-bond donors (Lipinski definition) is 2. The lowest BCUT2D eigenvalue weighted by molar-refractivity contribution is -0.143. The van der Waals surface area contributed by atoms with Crippen molar-refractivity contribution in [3.8, 4) is 0 Å². The Morgan fingerprint density at radius 2 is 2.07 bits per heavy atom. The maximum Gasteiger partial charge on any atom is 0.401 e. The van der Waals surface area contributed by atoms with Gasteiger partial charge < -0.3 is 15.5 Å². The first-order valence-corrected chi connectivity index (χ1v) is 9.28. The van der Waals surface area contributed by atoms with E-state index in [-0.39, 0.29) is 6.04 Å². The first kappa shape index (κ1) is 21.3. The van der Waals surface area contributed by atoms with Crippen molar-refractivity contribution in [3.63, 3.8) is 0 Å². The summed E-state index contributed by atoms with van der Waals surface area (Å²) in [5.41, 5.74) is 3.43. The minimum absolute atomic E-state index is 0.0256. The van der Waals surface area contributed by atoms with Crippen molar-refractivity contribution in [1.82, 2.24) is 15.5 Å². The number of anilines is 1. The molecule has 1 aromatic carbocycles. The van der Waals surface area contributed by atoms with Crippen LogP contribution >= 0.6 is 0 Å². The van der Waals surface area contributed by atoms with Gasteiger partial charge in [0.1, 0.15) is 0 Å². The van der Waals surface area contributed by atoms with Gasteiger partial charge in [0.25, 0.3) is 0 Å². The van der Waals surface area contributed by atoms with Crippen LogP contribution in [0.2, 0.25) is 0 Å². The fourth-order valence-electron chi connectivity index (χ4n) is 3.16. The molecule has 0 amide bonds. The lowest BCUT2D eigenvalue weighted by Gasteiger charge is -2.20. The molecule has 8 heteroatoms. The van der Waals surface area contributed by atoms with Gasteiger partial charge in [-0.3, -0.25) is 4.90 Å². The van der Waals surface area contributed by atoms with Crippen molar-refractivity contribution in [3.05, 3.63) is 29.3 Å². The van der Waals surface area contributed by atoms with E-state index >= 15 is 0 Å². The molecule has 1 heterocycles. The van der Waals surface area contributed by atoms with Crippen LogP contribution in [-0.2, 0) is 6.54 Å². The van der Waals surface area contributed by atoms with E-state index in [2.05, 4.69) is 45.6 Å². The van der Waals surface area contributed by atoms with Crippen LogP contribution in [0.4, 0.5) is 18.9 Å². The molecule has 0 aliphatic carbocycles. The molecule has 1 aliphatic heterocycles. The molecule has 0 saturated carbocycles. The second-order valence-electron chi connectivity index (χ2n) is 7.18. The summed E-state index contributed by atoms with van der Waals surface area (Å²) in [7, 11) is 4.01. The van der Waals surface area contributed by atoms with Gasteiger partial charge in [-0.15, -0.1) is 0 Å². The lowest BCUT2D eigenvalue weighted by Crippen LogP contribution is -2.45. The number of hydrogen-bond acceptors (Lipinski definition) is 3. The maximum atomic E-state index is 12.5. The van der Waals surface area contributed by atoms with Crippen LogP contribution in [0.1, 0.15) is 24.5 Å². The lowest BCUT2D eigenvalue weighted by atomic mass is 10.1. The van der Waals surface area contributed by atoms with Crippen LogP contribution in [0.25, 0.3) is 0 Å². The minimum Gasteiger partial charge on any atom is -0.378 e. The van der Waals surface area contributed by atoms with E-state index in [0.29, 0.717) is 38.6 Å². The Kier molecular flexibility index (Phi) is 7.35. The van der Waals surface area contributed by atoms with Crippen molar-refractivity contribution in [2.24, 2.45) is 4.99 Å². The standard InChI is InChI=1S/C19H30F3N5/c1-5-23-18(25-16-8-9-27(12-16)13-19(20,21)22)24-11-15-6-7-17(26(3)4)10-14(15)2/h6-7,10,16H,5,8-9,11-13H2,1-4H3,(H2,23,24,25). The summed E-state index contributed by atoms with van der Waals surface area (Å²) in [6.45, 7) is 5.22. The van der Waals surface area contributed by atoms with Crippen molar-refractivity contribution in [1.29, 1.82) is 0 Å². The number of likely N-dealkylation sites (tertiary alicyclic amines) is 1. The number of aliphatic imine (C=N–C) groups is 1. The number of alkyl halides is 3. The summed E-state index contributed by atoms with van der Waals surface area (Å²) in [6, 6.07) is 6.22. The van der Waals surface area contributed by atoms with Gasteiger partial charge in [0, 0.05) is 45.5 Å². The quantitative estimate of drug-likeness (QED) is 0.584. The summed E-state index contributed by atoms with van der Waals surface area (Å²) < 4.78 is 37.6. The highest BCUT2D eigenvalue weighted by Gasteiger charge is 2.34. The summed E-state index contributed by atoms with van der Waals surface area (Å²) in [6.07, 6.45) is -3.47. The molecule has 0 aromatic heterocycles. The highest BCUT2D eigenvalue weighted by atomic mass is 19.4. The monoisotopic (exact) mass is 385 g/mol. The molecule has 27 heavy (non-hydrogen) atoms. The predicted octanol–water partition coefficient (Wildman–Crippen LogP) is 2.75. The summed E-state index contributed by atoms with van der Waals surface area (Å²) in [5.74, 6) is 0.646. The number of halogens is 3. The van der Waals surface area contributed by atoms with E-state index in [1.165, 1.54) is 4.90 Å². The van der Waals surface area contributed by atoms with Gasteiger partial charge in [0.2, 0.25) is 0 Å². The second kappa shape index (κ2) is 9.30. The maximum absolute atomic E-state index is 12.5. The molecule has 152 valence electrons. The highest BCUT2D eigenvalue weighted by Crippen LogP contribution is 2.20. The average molecular weight is 385 g/mol. The van der Waals surface area contributed by atoms with Crippen LogP contribution in [0.15, 0.2) is 23.2 Å². The number of aryl methyl sites for hydroxylation is 1. The summed E-state index contributed by atoms with van der Waals surface area (Å²) in [4.78, 5) is 8.11. The van der Waals surface area contributed by atoms with Gasteiger partial charge in [-0.05, 0) is 43.5 Å². The molecule has 5 nitrogen and oxygen atoms in total. The molecule has 0 spiro atoms. The molecule has 1 unspecified atom stereocenters. The van der Waals surface area contributed by atoms with Crippen LogP contribution in [0.3, 0.4) is 0 Å². The molecule has 0 radical (unpaired) electrons. The molecule has 1 atom stereocenters. The number of guanidine groups is 1. The SMILES string of the molecule is CCNC(=NCc1ccc(N(C)C)cc1C)NC1CCN(CC(F)(F)F)C1. The van der Waals surface area contributed by atoms with E-state index in [1.807, 2.05) is 21.0 Å². The average Bonchev–Trinajstić information content (AvgIpc) is 2.98. The minimum atomic E-state index is -4.15. The van der Waals surface area contributed by atoms with E-state index in [0.717, 1.165) is 16.8 Å². The van der Waals surface area contributed by atoms with Gasteiger partial charge in [0.05, 0.1) is 13.1 Å². The Hall–Kier alpha value is -1.96. The Morgan fingerprint density at radius 3 is 2.67 bits per heavy atom. The van der Waals surface area contributed by atoms with Crippen molar-refractivity contribution in [2.45, 2.75) is 39.0 Å². The Morgan fingerprint density at radius 1 is 1.33 bits per heavy atom. The third-order valence-corrected chi connectivity index (χ3v) is 4.61. The molecule has 1 fully saturated rings. The fraction of sp³-hybridized carbons (Fsp3) is 0.632. The number of nitrogens with one attached hydrogen (secondary N) is 2. The first-order chi connectivity index (χ1) is 12.7. The van der Waals surface area contributed by atoms with Crippen LogP contribution < -0.4 is 15.5 Å². The molecule has 1 saturated heterocycles. The molecule has 1 aromatic rings. The van der Waals surface area contributed by atoms with Crippen LogP contribution in [0.5, 0.6) is 0 Å². The summed E-state index contributed by atoms with van der Waals surface area (Å²) in [5, 5.41) is 6.46. The zero-order valence-corrected chi connectivity index (χ0v) is 16.5. The smallest absolute Gasteiger partial charge is 0.378 e. The number of benzene rings is 1. The Bertz CT molecular complexity index is 643. The highest BCUT2D eigenvalue weighted by molar-refractivity contribution is 5.80. The largest absolute Gasteiger partial charge is 0.401 e. The zero-order chi connectivity index (χ0) is 20.0. The third-order valence-electron chi connectivity index (χ3n) is 4.61. The van der Waals surface area contributed by atoms with E-state index < -0.39 is 12.7 Å². The van der Waals surface area contributed by atoms with E-state index in [1.54, 1.807) is 0 Å². The Labute approximate surface area is 159 Å². The zero-order valence-electron chi connectivity index (χ0n) is 16.5. The fourth-order valence-corrected chi connectivity index (χ4v) is 3.16. The number of rotatable bonds is 6. The van der Waals surface area contributed by atoms with Crippen LogP contribution in [-0.4, -0.2) is 63.4 Å². The first-order valence-electron chi connectivity index (χ1n) is 9.28. The topological polar surface area (TPSA) is 42.9 Å². The number of nitrogens with zero attached hydrogens (tertiary/aromatic N) is 3. The second-order valence-corrected chi connectivity index (χ2v) is 7.18. The van der Waals surface area contributed by atoms with Crippen molar-refractivity contribution < 1.29 is 13.2 Å². The predicted molar refractivity (Wildman–Crippen MR) is 104 cm³/mol. The molecular formula is C19H30F3N5. The van der Waals surface area contributed by atoms with E-state index in [9.17, 15) is 13.2 Å². The molecule has 0 bridgehead atoms. The molecular weight excluding hydrogens is 355 g/mol. The summed E-state index contributed by atoms with van der Waals surface area (Å²) >= 11 is 0. The van der Waals surface area contributed by atoms with Gasteiger partial charge in [-0.2, -0.15) is 13.2 Å². The normalized spacial score (nSPS) is 18.6. The third kappa shape index (κ3) is 6.93. The Balaban J connectivity index is 1.97. The molecule has 1 aliphatic rings. The van der Waals surface area contributed by atoms with Crippen molar-refractivity contribution >= 4 is 11.6 Å². The van der Waals surface area contributed by atoms with Gasteiger partial charge >= 0.3 is 6.18 Å². The van der Waals surface area contributed by atoms with Crippen LogP contribution in [0, 0.1) is 6.92 Å². The molecule has 2 N–H and O–H groups in total. The van der Waals surface area contributed by atoms with Gasteiger partial charge in [0.15, 0.2) is 5.96 Å².